The van der Waals surface area contributed by atoms with Gasteiger partial charge in [0, 0.05) is 50.2 Å². The van der Waals surface area contributed by atoms with Crippen LogP contribution in [0.3, 0.4) is 0 Å². The summed E-state index contributed by atoms with van der Waals surface area (Å²) in [6.45, 7) is 6.11. The predicted molar refractivity (Wildman–Crippen MR) is 204 cm³/mol. The van der Waals surface area contributed by atoms with Crippen molar-refractivity contribution in [3.8, 4) is 5.69 Å². The first kappa shape index (κ1) is 31.0. The molecule has 0 aliphatic rings. The van der Waals surface area contributed by atoms with E-state index in [1.165, 1.54) is 21.2 Å². The summed E-state index contributed by atoms with van der Waals surface area (Å²) < 4.78 is 4.58. The number of anilines is 1. The second kappa shape index (κ2) is 13.6. The highest BCUT2D eigenvalue weighted by atomic mass is 32.1. The summed E-state index contributed by atoms with van der Waals surface area (Å²) in [5.41, 5.74) is 21.0. The average molecular weight is 630 g/mol. The summed E-state index contributed by atoms with van der Waals surface area (Å²) >= 11 is 1.76. The third kappa shape index (κ3) is 6.69. The van der Waals surface area contributed by atoms with E-state index >= 15 is 0 Å². The summed E-state index contributed by atoms with van der Waals surface area (Å²) in [5, 5.41) is 19.3. The van der Waals surface area contributed by atoms with E-state index in [9.17, 15) is 0 Å². The number of nitrogens with one attached hydrogen (secondary N) is 2. The van der Waals surface area contributed by atoms with Gasteiger partial charge in [-0.1, -0.05) is 91.0 Å². The lowest BCUT2D eigenvalue weighted by Crippen LogP contribution is -2.02. The molecule has 6 N–H and O–H groups in total. The largest absolute Gasteiger partial charge is 0.399 e. The van der Waals surface area contributed by atoms with Crippen molar-refractivity contribution in [3.05, 3.63) is 169 Å². The van der Waals surface area contributed by atoms with E-state index in [1.807, 2.05) is 60.7 Å². The van der Waals surface area contributed by atoms with Crippen LogP contribution in [0, 0.1) is 17.7 Å². The number of allylic oxidation sites excluding steroid dienone is 4. The number of aryl methyl sites for hydroxylation is 1. The van der Waals surface area contributed by atoms with Crippen molar-refractivity contribution < 1.29 is 0 Å². The minimum absolute atomic E-state index is 0.353. The van der Waals surface area contributed by atoms with Crippen LogP contribution in [0.25, 0.3) is 48.0 Å². The molecule has 6 heteroatoms. The van der Waals surface area contributed by atoms with E-state index in [-0.39, 0.29) is 0 Å². The van der Waals surface area contributed by atoms with Gasteiger partial charge in [0.05, 0.1) is 21.6 Å². The van der Waals surface area contributed by atoms with Crippen molar-refractivity contribution in [2.75, 3.05) is 5.73 Å². The zero-order valence-corrected chi connectivity index (χ0v) is 26.9. The minimum Gasteiger partial charge on any atom is -0.399 e. The summed E-state index contributed by atoms with van der Waals surface area (Å²) in [6.07, 6.45) is 8.45. The molecule has 0 radical (unpaired) electrons. The van der Waals surface area contributed by atoms with Gasteiger partial charge in [0.1, 0.15) is 0 Å². The van der Waals surface area contributed by atoms with E-state index in [1.54, 1.807) is 29.6 Å². The lowest BCUT2D eigenvalue weighted by molar-refractivity contribution is 1.15. The van der Waals surface area contributed by atoms with Crippen LogP contribution in [0.2, 0.25) is 0 Å². The maximum absolute atomic E-state index is 8.78. The molecular formula is C41H35N5S. The highest BCUT2D eigenvalue weighted by Gasteiger charge is 2.13. The Morgan fingerprint density at radius 1 is 0.809 bits per heavy atom. The maximum Gasteiger partial charge on any atom is 0.0634 e. The molecule has 7 rings (SSSR count). The topological polar surface area (TPSA) is 105 Å². The zero-order chi connectivity index (χ0) is 32.9. The Hall–Kier alpha value is -5.98. The molecule has 0 aliphatic heterocycles. The number of hydrogen-bond acceptors (Lipinski definition) is 5. The molecule has 0 fully saturated rings. The van der Waals surface area contributed by atoms with E-state index in [4.69, 9.17) is 22.3 Å². The van der Waals surface area contributed by atoms with Crippen molar-refractivity contribution in [1.29, 1.82) is 10.8 Å². The third-order valence-corrected chi connectivity index (χ3v) is 9.19. The number of hydrogen-bond donors (Lipinski definition) is 4. The van der Waals surface area contributed by atoms with Crippen molar-refractivity contribution in [2.24, 2.45) is 5.73 Å². The van der Waals surface area contributed by atoms with Crippen molar-refractivity contribution in [2.45, 2.75) is 6.92 Å². The Morgan fingerprint density at radius 3 is 2.28 bits per heavy atom. The molecule has 0 saturated heterocycles. The van der Waals surface area contributed by atoms with E-state index in [2.05, 4.69) is 78.9 Å². The molecule has 5 aromatic carbocycles. The number of aromatic nitrogens is 1. The van der Waals surface area contributed by atoms with Crippen LogP contribution in [0.5, 0.6) is 0 Å². The lowest BCUT2D eigenvalue weighted by Gasteiger charge is -2.07. The van der Waals surface area contributed by atoms with Gasteiger partial charge in [0.25, 0.3) is 0 Å². The SMILES string of the molecule is C=C(/C=C\C=N)c1ccc(/C(N)=C/C(=N)c2ccc3sc4c(-n5ccc6cc(N)ccc65)cccc4c3c2)cc1.Cc1ccccc1. The van der Waals surface area contributed by atoms with Gasteiger partial charge >= 0.3 is 0 Å². The Labute approximate surface area is 278 Å². The predicted octanol–water partition coefficient (Wildman–Crippen LogP) is 10.2. The number of thiophene rings is 1. The summed E-state index contributed by atoms with van der Waals surface area (Å²) in [5.74, 6) is 0. The van der Waals surface area contributed by atoms with Crippen LogP contribution < -0.4 is 11.5 Å². The van der Waals surface area contributed by atoms with E-state index in [0.717, 1.165) is 55.3 Å². The highest BCUT2D eigenvalue weighted by molar-refractivity contribution is 7.26. The molecule has 2 heterocycles. The monoisotopic (exact) mass is 629 g/mol. The fraction of sp³-hybridized carbons (Fsp3) is 0.0244. The Balaban J connectivity index is 0.000000491. The lowest BCUT2D eigenvalue weighted by atomic mass is 10.0. The number of benzene rings is 5. The van der Waals surface area contributed by atoms with Crippen LogP contribution in [0.4, 0.5) is 5.69 Å². The zero-order valence-electron chi connectivity index (χ0n) is 26.1. The van der Waals surface area contributed by atoms with Crippen LogP contribution in [0.15, 0.2) is 146 Å². The molecular weight excluding hydrogens is 595 g/mol. The van der Waals surface area contributed by atoms with E-state index in [0.29, 0.717) is 11.4 Å². The highest BCUT2D eigenvalue weighted by Crippen LogP contribution is 2.39. The van der Waals surface area contributed by atoms with Gasteiger partial charge in [-0.15, -0.1) is 11.3 Å². The fourth-order valence-corrected chi connectivity index (χ4v) is 6.70. The van der Waals surface area contributed by atoms with Crippen molar-refractivity contribution >= 4 is 71.3 Å². The number of nitrogens with zero attached hydrogens (tertiary/aromatic N) is 1. The smallest absolute Gasteiger partial charge is 0.0634 e. The molecule has 0 unspecified atom stereocenters. The van der Waals surface area contributed by atoms with Crippen LogP contribution in [-0.4, -0.2) is 16.5 Å². The minimum atomic E-state index is 0.353. The molecule has 0 aliphatic carbocycles. The molecule has 0 spiro atoms. The van der Waals surface area contributed by atoms with Gasteiger partial charge in [-0.25, -0.2) is 0 Å². The number of nitrogen functional groups attached to an aromatic ring is 1. The van der Waals surface area contributed by atoms with Crippen molar-refractivity contribution in [3.63, 3.8) is 0 Å². The number of nitrogens with two attached hydrogens (primary N) is 2. The van der Waals surface area contributed by atoms with Gasteiger partial charge in [-0.3, -0.25) is 0 Å². The standard InChI is InChI=1S/C34H27N5S.C7H8/c1-21(4-3-16-35)22-7-9-23(10-8-22)29(37)20-30(38)24-11-14-33-28(19-24)27-5-2-6-32(34(27)40-33)39-17-15-25-18-26(36)12-13-31(25)39;1-7-5-3-2-4-6-7/h2-20,35,38H,1,36-37H2;2-6H,1H3/b4-3-,29-20-,35-16?,38-30?;. The first-order valence-electron chi connectivity index (χ1n) is 15.2. The average Bonchev–Trinajstić information content (AvgIpc) is 3.68. The summed E-state index contributed by atoms with van der Waals surface area (Å²) in [4.78, 5) is 0. The van der Waals surface area contributed by atoms with Gasteiger partial charge in [-0.05, 0) is 78.2 Å². The summed E-state index contributed by atoms with van der Waals surface area (Å²) in [6, 6.07) is 38.6. The second-order valence-electron chi connectivity index (χ2n) is 11.3. The third-order valence-electron chi connectivity index (χ3n) is 7.98. The Kier molecular flexibility index (Phi) is 8.95. The molecule has 0 amide bonds. The second-order valence-corrected chi connectivity index (χ2v) is 12.3. The van der Waals surface area contributed by atoms with Crippen LogP contribution >= 0.6 is 11.3 Å². The van der Waals surface area contributed by atoms with Gasteiger partial charge in [-0.2, -0.15) is 0 Å². The molecule has 0 bridgehead atoms. The Bertz CT molecular complexity index is 2320. The summed E-state index contributed by atoms with van der Waals surface area (Å²) in [7, 11) is 0. The number of fused-ring (bicyclic) bond motifs is 4. The maximum atomic E-state index is 8.78. The van der Waals surface area contributed by atoms with Crippen molar-refractivity contribution in [1.82, 2.24) is 4.57 Å². The molecule has 2 aromatic heterocycles. The molecule has 7 aromatic rings. The number of rotatable bonds is 7. The quantitative estimate of drug-likeness (QED) is 0.0800. The molecule has 0 atom stereocenters. The van der Waals surface area contributed by atoms with Gasteiger partial charge in [0.15, 0.2) is 0 Å². The van der Waals surface area contributed by atoms with Crippen LogP contribution in [0.1, 0.15) is 22.3 Å². The Morgan fingerprint density at radius 2 is 1.55 bits per heavy atom. The molecule has 5 nitrogen and oxygen atoms in total. The first-order chi connectivity index (χ1) is 22.8. The van der Waals surface area contributed by atoms with Gasteiger partial charge in [0.2, 0.25) is 0 Å². The van der Waals surface area contributed by atoms with Crippen LogP contribution in [-0.2, 0) is 0 Å². The van der Waals surface area contributed by atoms with E-state index < -0.39 is 0 Å². The molecule has 230 valence electrons. The molecule has 47 heavy (non-hydrogen) atoms. The fourth-order valence-electron chi connectivity index (χ4n) is 5.51. The van der Waals surface area contributed by atoms with Gasteiger partial charge < -0.3 is 26.9 Å². The molecule has 0 saturated carbocycles. The first-order valence-corrected chi connectivity index (χ1v) is 16.0. The normalized spacial score (nSPS) is 11.6.